The van der Waals surface area contributed by atoms with Crippen LogP contribution in [0.25, 0.3) is 5.82 Å². The molecular weight excluding hydrogens is 295 g/mol. The third kappa shape index (κ3) is 3.29. The first-order valence-electron chi connectivity index (χ1n) is 7.25. The number of hydrogen-bond donors (Lipinski definition) is 0. The molecule has 0 atom stereocenters. The first-order valence-corrected chi connectivity index (χ1v) is 7.25. The summed E-state index contributed by atoms with van der Waals surface area (Å²) in [6.45, 7) is 2.26. The van der Waals surface area contributed by atoms with Crippen LogP contribution >= 0.6 is 0 Å². The predicted molar refractivity (Wildman–Crippen MR) is 82.8 cm³/mol. The number of nitrogens with zero attached hydrogens (tertiary/aromatic N) is 4. The molecule has 0 aromatic carbocycles. The Hall–Kier alpha value is -2.94. The molecule has 0 saturated heterocycles. The number of aryl methyl sites for hydroxylation is 1. The fraction of sp³-hybridized carbons (Fsp3) is 0.235. The van der Waals surface area contributed by atoms with E-state index in [0.717, 1.165) is 11.1 Å². The van der Waals surface area contributed by atoms with Crippen LogP contribution in [0.5, 0.6) is 5.88 Å². The van der Waals surface area contributed by atoms with E-state index < -0.39 is 0 Å². The van der Waals surface area contributed by atoms with Gasteiger partial charge in [0.2, 0.25) is 5.88 Å². The maximum Gasteiger partial charge on any atom is 0.221 e. The van der Waals surface area contributed by atoms with E-state index in [2.05, 4.69) is 16.2 Å². The van der Waals surface area contributed by atoms with Gasteiger partial charge in [0.25, 0.3) is 0 Å². The number of allylic oxidation sites excluding steroid dienone is 3. The number of ether oxygens (including phenoxy) is 1. The van der Waals surface area contributed by atoms with Gasteiger partial charge in [-0.05, 0) is 31.1 Å². The van der Waals surface area contributed by atoms with E-state index >= 15 is 0 Å². The van der Waals surface area contributed by atoms with Crippen LogP contribution in [0, 0.1) is 18.3 Å². The first kappa shape index (κ1) is 15.0. The van der Waals surface area contributed by atoms with E-state index in [0.29, 0.717) is 36.7 Å². The molecule has 0 fully saturated rings. The molecule has 3 rings (SSSR count). The number of rotatable bonds is 4. The first-order chi connectivity index (χ1) is 11.2. The molecule has 2 aromatic heterocycles. The number of aromatic nitrogens is 3. The molecule has 6 heteroatoms. The second-order valence-corrected chi connectivity index (χ2v) is 5.29. The van der Waals surface area contributed by atoms with E-state index in [1.165, 1.54) is 6.08 Å². The van der Waals surface area contributed by atoms with E-state index in [1.807, 2.05) is 6.92 Å². The molecule has 116 valence electrons. The Morgan fingerprint density at radius 1 is 1.39 bits per heavy atom. The molecule has 1 aliphatic rings. The van der Waals surface area contributed by atoms with Crippen molar-refractivity contribution < 1.29 is 9.13 Å². The average molecular weight is 310 g/mol. The summed E-state index contributed by atoms with van der Waals surface area (Å²) in [5, 5.41) is 13.3. The van der Waals surface area contributed by atoms with Gasteiger partial charge in [0.15, 0.2) is 5.82 Å². The molecule has 2 heterocycles. The monoisotopic (exact) mass is 310 g/mol. The summed E-state index contributed by atoms with van der Waals surface area (Å²) < 4.78 is 20.5. The summed E-state index contributed by atoms with van der Waals surface area (Å²) in [7, 11) is 0. The summed E-state index contributed by atoms with van der Waals surface area (Å²) in [6, 6.07) is 5.36. The molecule has 23 heavy (non-hydrogen) atoms. The Morgan fingerprint density at radius 3 is 3.00 bits per heavy atom. The summed E-state index contributed by atoms with van der Waals surface area (Å²) in [6.07, 6.45) is 7.54. The zero-order valence-electron chi connectivity index (χ0n) is 12.7. The quantitative estimate of drug-likeness (QED) is 0.868. The van der Waals surface area contributed by atoms with Crippen molar-refractivity contribution in [2.24, 2.45) is 0 Å². The van der Waals surface area contributed by atoms with Gasteiger partial charge >= 0.3 is 0 Å². The SMILES string of the molecule is Cc1cnn(-c2cc(C#N)ccn2)c1OCC1=CC=C(F)CC1. The Kier molecular flexibility index (Phi) is 4.20. The Bertz CT molecular complexity index is 829. The highest BCUT2D eigenvalue weighted by Crippen LogP contribution is 2.24. The predicted octanol–water partition coefficient (Wildman–Crippen LogP) is 3.40. The minimum atomic E-state index is -0.104. The average Bonchev–Trinajstić information content (AvgIpc) is 2.95. The maximum absolute atomic E-state index is 13.0. The maximum atomic E-state index is 13.0. The van der Waals surface area contributed by atoms with Crippen molar-refractivity contribution in [3.05, 3.63) is 59.2 Å². The molecule has 0 radical (unpaired) electrons. The van der Waals surface area contributed by atoms with E-state index in [-0.39, 0.29) is 5.83 Å². The van der Waals surface area contributed by atoms with Crippen LogP contribution in [0.15, 0.2) is 48.1 Å². The lowest BCUT2D eigenvalue weighted by Gasteiger charge is -2.13. The highest BCUT2D eigenvalue weighted by Gasteiger charge is 2.14. The smallest absolute Gasteiger partial charge is 0.221 e. The van der Waals surface area contributed by atoms with E-state index in [4.69, 9.17) is 10.00 Å². The van der Waals surface area contributed by atoms with Gasteiger partial charge in [0.05, 0.1) is 17.8 Å². The third-order valence-electron chi connectivity index (χ3n) is 3.57. The van der Waals surface area contributed by atoms with Crippen LogP contribution in [0.2, 0.25) is 0 Å². The van der Waals surface area contributed by atoms with Crippen LogP contribution in [0.4, 0.5) is 4.39 Å². The molecule has 0 N–H and O–H groups in total. The highest BCUT2D eigenvalue weighted by atomic mass is 19.1. The van der Waals surface area contributed by atoms with Crippen LogP contribution < -0.4 is 4.74 Å². The van der Waals surface area contributed by atoms with Crippen LogP contribution in [0.1, 0.15) is 24.0 Å². The molecule has 0 amide bonds. The molecule has 0 unspecified atom stereocenters. The van der Waals surface area contributed by atoms with E-state index in [9.17, 15) is 4.39 Å². The molecular formula is C17H15FN4O. The molecule has 0 spiro atoms. The third-order valence-corrected chi connectivity index (χ3v) is 3.57. The summed E-state index contributed by atoms with van der Waals surface area (Å²) in [5.41, 5.74) is 2.40. The summed E-state index contributed by atoms with van der Waals surface area (Å²) >= 11 is 0. The molecule has 2 aromatic rings. The van der Waals surface area contributed by atoms with Gasteiger partial charge in [-0.15, -0.1) is 0 Å². The lowest BCUT2D eigenvalue weighted by Crippen LogP contribution is -2.09. The lowest BCUT2D eigenvalue weighted by atomic mass is 10.1. The zero-order valence-corrected chi connectivity index (χ0v) is 12.7. The molecule has 0 saturated carbocycles. The van der Waals surface area contributed by atoms with Gasteiger partial charge in [-0.1, -0.05) is 6.08 Å². The molecule has 1 aliphatic carbocycles. The minimum Gasteiger partial charge on any atom is -0.473 e. The highest BCUT2D eigenvalue weighted by molar-refractivity contribution is 5.39. The summed E-state index contributed by atoms with van der Waals surface area (Å²) in [5.74, 6) is 0.992. The number of nitriles is 1. The number of pyridine rings is 1. The van der Waals surface area contributed by atoms with Gasteiger partial charge < -0.3 is 4.74 Å². The van der Waals surface area contributed by atoms with Crippen molar-refractivity contribution in [1.29, 1.82) is 5.26 Å². The Morgan fingerprint density at radius 2 is 2.26 bits per heavy atom. The number of halogens is 1. The second kappa shape index (κ2) is 6.44. The molecule has 0 aliphatic heterocycles. The van der Waals surface area contributed by atoms with Gasteiger partial charge in [0.1, 0.15) is 12.4 Å². The van der Waals surface area contributed by atoms with Crippen molar-refractivity contribution in [3.63, 3.8) is 0 Å². The van der Waals surface area contributed by atoms with Gasteiger partial charge in [0, 0.05) is 24.2 Å². The standard InChI is InChI=1S/C17H15FN4O/c1-12-10-21-22(16-8-14(9-19)6-7-20-16)17(12)23-11-13-2-4-15(18)5-3-13/h2,4,6-8,10H,3,5,11H2,1H3. The lowest BCUT2D eigenvalue weighted by molar-refractivity contribution is 0.319. The normalized spacial score (nSPS) is 14.0. The zero-order chi connectivity index (χ0) is 16.2. The van der Waals surface area contributed by atoms with Gasteiger partial charge in [-0.25, -0.2) is 9.37 Å². The Balaban J connectivity index is 1.83. The topological polar surface area (TPSA) is 63.7 Å². The van der Waals surface area contributed by atoms with Crippen molar-refractivity contribution >= 4 is 0 Å². The van der Waals surface area contributed by atoms with Crippen molar-refractivity contribution in [1.82, 2.24) is 14.8 Å². The molecule has 5 nitrogen and oxygen atoms in total. The second-order valence-electron chi connectivity index (χ2n) is 5.29. The van der Waals surface area contributed by atoms with E-state index in [1.54, 1.807) is 35.3 Å². The molecule has 0 bridgehead atoms. The van der Waals surface area contributed by atoms with Crippen molar-refractivity contribution in [3.8, 4) is 17.8 Å². The fourth-order valence-electron chi connectivity index (χ4n) is 2.30. The van der Waals surface area contributed by atoms with Crippen LogP contribution in [-0.4, -0.2) is 21.4 Å². The Labute approximate surface area is 133 Å². The number of hydrogen-bond acceptors (Lipinski definition) is 4. The van der Waals surface area contributed by atoms with Gasteiger partial charge in [-0.2, -0.15) is 15.0 Å². The summed E-state index contributed by atoms with van der Waals surface area (Å²) in [4.78, 5) is 4.23. The van der Waals surface area contributed by atoms with Crippen molar-refractivity contribution in [2.45, 2.75) is 19.8 Å². The minimum absolute atomic E-state index is 0.104. The largest absolute Gasteiger partial charge is 0.473 e. The van der Waals surface area contributed by atoms with Crippen LogP contribution in [0.3, 0.4) is 0 Å². The van der Waals surface area contributed by atoms with Crippen molar-refractivity contribution in [2.75, 3.05) is 6.61 Å². The van der Waals surface area contributed by atoms with Gasteiger partial charge in [-0.3, -0.25) is 0 Å². The van der Waals surface area contributed by atoms with Crippen LogP contribution in [-0.2, 0) is 0 Å². The fourth-order valence-corrected chi connectivity index (χ4v) is 2.30.